The lowest BCUT2D eigenvalue weighted by Crippen LogP contribution is -2.00. The van der Waals surface area contributed by atoms with Crippen LogP contribution in [0, 0.1) is 0 Å². The highest BCUT2D eigenvalue weighted by atomic mass is 35.5. The first kappa shape index (κ1) is 12.0. The van der Waals surface area contributed by atoms with E-state index in [1.807, 2.05) is 0 Å². The molecule has 3 aromatic heterocycles. The fourth-order valence-electron chi connectivity index (χ4n) is 1.77. The van der Waals surface area contributed by atoms with E-state index in [9.17, 15) is 4.39 Å². The molecular weight excluding hydrogens is 273 g/mol. The molecule has 3 rings (SSSR count). The number of fused-ring (bicyclic) bond motifs is 1. The van der Waals surface area contributed by atoms with Gasteiger partial charge in [0.1, 0.15) is 24.2 Å². The summed E-state index contributed by atoms with van der Waals surface area (Å²) in [6, 6.07) is 0. The third-order valence-corrected chi connectivity index (χ3v) is 2.87. The lowest BCUT2D eigenvalue weighted by Gasteiger charge is -2.01. The fraction of sp³-hybridized carbons (Fsp3) is 0.300. The lowest BCUT2D eigenvalue weighted by molar-refractivity contribution is 0.422. The molecule has 0 saturated carbocycles. The van der Waals surface area contributed by atoms with Crippen molar-refractivity contribution in [1.82, 2.24) is 34.5 Å². The minimum absolute atomic E-state index is 0.196. The number of aromatic nitrogens is 7. The molecule has 3 heterocycles. The average Bonchev–Trinajstić information content (AvgIpc) is 2.99. The van der Waals surface area contributed by atoms with Crippen LogP contribution in [0.2, 0.25) is 5.15 Å². The van der Waals surface area contributed by atoms with E-state index < -0.39 is 6.67 Å². The van der Waals surface area contributed by atoms with Gasteiger partial charge in [-0.2, -0.15) is 0 Å². The zero-order chi connectivity index (χ0) is 13.2. The molecule has 0 amide bonds. The van der Waals surface area contributed by atoms with Crippen molar-refractivity contribution in [2.45, 2.75) is 13.1 Å². The van der Waals surface area contributed by atoms with Gasteiger partial charge in [-0.05, 0) is 0 Å². The number of imidazole rings is 1. The molecule has 0 fully saturated rings. The van der Waals surface area contributed by atoms with Crippen LogP contribution in [-0.2, 0) is 13.1 Å². The maximum Gasteiger partial charge on any atom is 0.182 e. The van der Waals surface area contributed by atoms with Crippen LogP contribution < -0.4 is 0 Å². The first-order valence-electron chi connectivity index (χ1n) is 5.54. The predicted octanol–water partition coefficient (Wildman–Crippen LogP) is 1.09. The quantitative estimate of drug-likeness (QED) is 0.669. The molecule has 0 bridgehead atoms. The Morgan fingerprint density at radius 1 is 1.26 bits per heavy atom. The second kappa shape index (κ2) is 4.88. The second-order valence-corrected chi connectivity index (χ2v) is 4.23. The van der Waals surface area contributed by atoms with Crippen LogP contribution >= 0.6 is 11.6 Å². The molecule has 0 aliphatic carbocycles. The maximum absolute atomic E-state index is 12.2. The fourth-order valence-corrected chi connectivity index (χ4v) is 2.01. The first-order valence-corrected chi connectivity index (χ1v) is 5.92. The Kier molecular flexibility index (Phi) is 3.08. The van der Waals surface area contributed by atoms with E-state index in [-0.39, 0.29) is 6.54 Å². The highest BCUT2D eigenvalue weighted by Crippen LogP contribution is 2.18. The van der Waals surface area contributed by atoms with Gasteiger partial charge >= 0.3 is 0 Å². The zero-order valence-corrected chi connectivity index (χ0v) is 10.5. The molecular formula is C10H9ClFN7. The molecule has 7 nitrogen and oxygen atoms in total. The molecule has 98 valence electrons. The van der Waals surface area contributed by atoms with Gasteiger partial charge < -0.3 is 4.57 Å². The van der Waals surface area contributed by atoms with Crippen molar-refractivity contribution < 1.29 is 4.39 Å². The van der Waals surface area contributed by atoms with E-state index in [0.717, 1.165) is 0 Å². The Morgan fingerprint density at radius 3 is 3.00 bits per heavy atom. The van der Waals surface area contributed by atoms with Gasteiger partial charge in [0, 0.05) is 0 Å². The lowest BCUT2D eigenvalue weighted by atomic mass is 10.4. The third kappa shape index (κ3) is 2.26. The van der Waals surface area contributed by atoms with Crippen LogP contribution in [0.1, 0.15) is 5.69 Å². The van der Waals surface area contributed by atoms with Crippen molar-refractivity contribution in [2.24, 2.45) is 0 Å². The molecule has 0 atom stereocenters. The highest BCUT2D eigenvalue weighted by molar-refractivity contribution is 6.33. The van der Waals surface area contributed by atoms with E-state index in [4.69, 9.17) is 11.6 Å². The minimum Gasteiger partial charge on any atom is -0.320 e. The summed E-state index contributed by atoms with van der Waals surface area (Å²) in [5.41, 5.74) is 1.85. The summed E-state index contributed by atoms with van der Waals surface area (Å²) in [4.78, 5) is 12.1. The molecule has 0 aromatic carbocycles. The van der Waals surface area contributed by atoms with E-state index in [1.165, 1.54) is 11.0 Å². The summed E-state index contributed by atoms with van der Waals surface area (Å²) in [5, 5.41) is 8.11. The number of alkyl halides is 1. The Bertz CT molecular complexity index is 707. The van der Waals surface area contributed by atoms with Crippen molar-refractivity contribution in [1.29, 1.82) is 0 Å². The SMILES string of the molecule is FCCn1cc(Cn2cnc3ncnc(Cl)c32)nn1. The van der Waals surface area contributed by atoms with Gasteiger partial charge in [-0.1, -0.05) is 16.8 Å². The standard InChI is InChI=1S/C10H9ClFN7/c11-9-8-10(14-5-13-9)15-6-18(8)3-7-4-19(2-1-12)17-16-7/h4-6H,1-3H2. The van der Waals surface area contributed by atoms with Crippen LogP contribution in [0.4, 0.5) is 4.39 Å². The highest BCUT2D eigenvalue weighted by Gasteiger charge is 2.10. The average molecular weight is 282 g/mol. The van der Waals surface area contributed by atoms with Crippen LogP contribution in [0.25, 0.3) is 11.2 Å². The van der Waals surface area contributed by atoms with Crippen LogP contribution in [0.15, 0.2) is 18.9 Å². The summed E-state index contributed by atoms with van der Waals surface area (Å²) in [5.74, 6) is 0. The smallest absolute Gasteiger partial charge is 0.182 e. The van der Waals surface area contributed by atoms with Crippen LogP contribution in [-0.4, -0.2) is 41.2 Å². The van der Waals surface area contributed by atoms with E-state index in [1.54, 1.807) is 17.1 Å². The molecule has 19 heavy (non-hydrogen) atoms. The predicted molar refractivity (Wildman–Crippen MR) is 65.4 cm³/mol. The monoisotopic (exact) mass is 281 g/mol. The van der Waals surface area contributed by atoms with Gasteiger partial charge in [-0.15, -0.1) is 5.10 Å². The van der Waals surface area contributed by atoms with Crippen molar-refractivity contribution in [3.05, 3.63) is 29.7 Å². The van der Waals surface area contributed by atoms with Gasteiger partial charge in [0.05, 0.1) is 25.6 Å². The van der Waals surface area contributed by atoms with E-state index in [0.29, 0.717) is 28.6 Å². The number of rotatable bonds is 4. The van der Waals surface area contributed by atoms with Crippen LogP contribution in [0.5, 0.6) is 0 Å². The number of halogens is 2. The number of hydrogen-bond acceptors (Lipinski definition) is 5. The summed E-state index contributed by atoms with van der Waals surface area (Å²) in [7, 11) is 0. The Hall–Kier alpha value is -2.09. The van der Waals surface area contributed by atoms with Gasteiger partial charge in [-0.3, -0.25) is 0 Å². The van der Waals surface area contributed by atoms with Crippen molar-refractivity contribution in [3.8, 4) is 0 Å². The molecule has 0 saturated heterocycles. The Labute approximate surface area is 112 Å². The summed E-state index contributed by atoms with van der Waals surface area (Å²) >= 11 is 6.02. The van der Waals surface area contributed by atoms with Gasteiger partial charge in [0.25, 0.3) is 0 Å². The molecule has 3 aromatic rings. The molecule has 0 N–H and O–H groups in total. The molecule has 9 heteroatoms. The van der Waals surface area contributed by atoms with Gasteiger partial charge in [0.15, 0.2) is 10.8 Å². The Balaban J connectivity index is 1.92. The molecule has 0 unspecified atom stereocenters. The van der Waals surface area contributed by atoms with Crippen molar-refractivity contribution in [2.75, 3.05) is 6.67 Å². The van der Waals surface area contributed by atoms with Crippen molar-refractivity contribution >= 4 is 22.8 Å². The minimum atomic E-state index is -0.476. The number of hydrogen-bond donors (Lipinski definition) is 0. The Morgan fingerprint density at radius 2 is 2.16 bits per heavy atom. The largest absolute Gasteiger partial charge is 0.320 e. The molecule has 0 aliphatic heterocycles. The number of nitrogens with zero attached hydrogens (tertiary/aromatic N) is 7. The summed E-state index contributed by atoms with van der Waals surface area (Å²) in [6.07, 6.45) is 4.65. The normalized spacial score (nSPS) is 11.3. The second-order valence-electron chi connectivity index (χ2n) is 3.87. The van der Waals surface area contributed by atoms with E-state index >= 15 is 0 Å². The molecule has 0 aliphatic rings. The van der Waals surface area contributed by atoms with Gasteiger partial charge in [0.2, 0.25) is 0 Å². The van der Waals surface area contributed by atoms with Crippen molar-refractivity contribution in [3.63, 3.8) is 0 Å². The summed E-state index contributed by atoms with van der Waals surface area (Å²) in [6.45, 7) is 0.147. The topological polar surface area (TPSA) is 74.3 Å². The first-order chi connectivity index (χ1) is 9.28. The molecule has 0 radical (unpaired) electrons. The maximum atomic E-state index is 12.2. The number of aryl methyl sites for hydroxylation is 1. The third-order valence-electron chi connectivity index (χ3n) is 2.60. The molecule has 0 spiro atoms. The zero-order valence-electron chi connectivity index (χ0n) is 9.74. The summed E-state index contributed by atoms with van der Waals surface area (Å²) < 4.78 is 15.4. The van der Waals surface area contributed by atoms with Crippen LogP contribution in [0.3, 0.4) is 0 Å². The van der Waals surface area contributed by atoms with E-state index in [2.05, 4.69) is 25.3 Å². The van der Waals surface area contributed by atoms with Gasteiger partial charge in [-0.25, -0.2) is 24.0 Å².